The lowest BCUT2D eigenvalue weighted by Gasteiger charge is -2.12. The summed E-state index contributed by atoms with van der Waals surface area (Å²) >= 11 is 0. The van der Waals surface area contributed by atoms with Gasteiger partial charge < -0.3 is 15.2 Å². The van der Waals surface area contributed by atoms with Gasteiger partial charge in [-0.1, -0.05) is 19.0 Å². The zero-order valence-corrected chi connectivity index (χ0v) is 10.3. The van der Waals surface area contributed by atoms with E-state index in [1.165, 1.54) is 0 Å². The molecule has 2 rings (SSSR count). The largest absolute Gasteiger partial charge is 0.351 e. The van der Waals surface area contributed by atoms with Crippen LogP contribution in [0.2, 0.25) is 0 Å². The molecule has 2 N–H and O–H groups in total. The van der Waals surface area contributed by atoms with Crippen molar-refractivity contribution in [2.45, 2.75) is 38.6 Å². The van der Waals surface area contributed by atoms with E-state index in [0.29, 0.717) is 24.8 Å². The number of aromatic nitrogens is 1. The Morgan fingerprint density at radius 2 is 2.53 bits per heavy atom. The van der Waals surface area contributed by atoms with Crippen molar-refractivity contribution in [1.29, 1.82) is 0 Å². The van der Waals surface area contributed by atoms with E-state index in [1.54, 1.807) is 11.0 Å². The van der Waals surface area contributed by atoms with Crippen LogP contribution < -0.4 is 5.73 Å². The standard InChI is InChI=1S/C12H19N3O2/c1-3-8(2)10-6-11(17-14-10)12(16)15-5-4-9(13)7-15/h6,8-9H,3-5,7,13H2,1-2H3. The summed E-state index contributed by atoms with van der Waals surface area (Å²) in [6.07, 6.45) is 1.84. The fraction of sp³-hybridized carbons (Fsp3) is 0.667. The van der Waals surface area contributed by atoms with Gasteiger partial charge in [0, 0.05) is 31.1 Å². The minimum atomic E-state index is -0.0972. The topological polar surface area (TPSA) is 72.4 Å². The highest BCUT2D eigenvalue weighted by Gasteiger charge is 2.27. The molecular weight excluding hydrogens is 218 g/mol. The third kappa shape index (κ3) is 2.49. The number of carbonyl (C=O) groups excluding carboxylic acids is 1. The molecule has 0 aliphatic carbocycles. The second-order valence-electron chi connectivity index (χ2n) is 4.73. The van der Waals surface area contributed by atoms with Crippen molar-refractivity contribution in [3.05, 3.63) is 17.5 Å². The number of nitrogens with two attached hydrogens (primary N) is 1. The lowest BCUT2D eigenvalue weighted by molar-refractivity contribution is 0.0749. The second-order valence-corrected chi connectivity index (χ2v) is 4.73. The fourth-order valence-corrected chi connectivity index (χ4v) is 1.96. The third-order valence-corrected chi connectivity index (χ3v) is 3.37. The maximum atomic E-state index is 12.1. The van der Waals surface area contributed by atoms with Crippen LogP contribution in [-0.2, 0) is 0 Å². The number of likely N-dealkylation sites (tertiary alicyclic amines) is 1. The van der Waals surface area contributed by atoms with Crippen LogP contribution in [0.1, 0.15) is 48.9 Å². The van der Waals surface area contributed by atoms with Crippen LogP contribution in [0, 0.1) is 0 Å². The highest BCUT2D eigenvalue weighted by Crippen LogP contribution is 2.20. The Morgan fingerprint density at radius 1 is 1.76 bits per heavy atom. The summed E-state index contributed by atoms with van der Waals surface area (Å²) in [4.78, 5) is 13.8. The highest BCUT2D eigenvalue weighted by atomic mass is 16.5. The summed E-state index contributed by atoms with van der Waals surface area (Å²) in [5, 5.41) is 3.94. The molecule has 0 aromatic carbocycles. The predicted octanol–water partition coefficient (Wildman–Crippen LogP) is 1.36. The van der Waals surface area contributed by atoms with Crippen molar-refractivity contribution in [3.63, 3.8) is 0 Å². The van der Waals surface area contributed by atoms with Gasteiger partial charge in [-0.25, -0.2) is 0 Å². The average molecular weight is 237 g/mol. The van der Waals surface area contributed by atoms with Gasteiger partial charge in [0.05, 0.1) is 5.69 Å². The van der Waals surface area contributed by atoms with Gasteiger partial charge in [-0.05, 0) is 12.8 Å². The molecule has 1 saturated heterocycles. The van der Waals surface area contributed by atoms with E-state index in [4.69, 9.17) is 10.3 Å². The number of hydrogen-bond acceptors (Lipinski definition) is 4. The maximum absolute atomic E-state index is 12.1. The molecule has 2 heterocycles. The number of carbonyl (C=O) groups is 1. The van der Waals surface area contributed by atoms with Gasteiger partial charge in [0.25, 0.3) is 5.91 Å². The van der Waals surface area contributed by atoms with Crippen LogP contribution in [0.4, 0.5) is 0 Å². The van der Waals surface area contributed by atoms with Crippen molar-refractivity contribution < 1.29 is 9.32 Å². The molecule has 94 valence electrons. The molecule has 2 unspecified atom stereocenters. The number of rotatable bonds is 3. The van der Waals surface area contributed by atoms with Gasteiger partial charge in [0.1, 0.15) is 0 Å². The Hall–Kier alpha value is -1.36. The summed E-state index contributed by atoms with van der Waals surface area (Å²) < 4.78 is 5.12. The van der Waals surface area contributed by atoms with Crippen LogP contribution in [0.25, 0.3) is 0 Å². The second kappa shape index (κ2) is 4.87. The lowest BCUT2D eigenvalue weighted by atomic mass is 10.1. The van der Waals surface area contributed by atoms with E-state index in [-0.39, 0.29) is 11.9 Å². The van der Waals surface area contributed by atoms with E-state index < -0.39 is 0 Å². The number of nitrogens with zero attached hydrogens (tertiary/aromatic N) is 2. The van der Waals surface area contributed by atoms with Crippen molar-refractivity contribution >= 4 is 5.91 Å². The summed E-state index contributed by atoms with van der Waals surface area (Å²) in [6, 6.07) is 1.84. The quantitative estimate of drug-likeness (QED) is 0.861. The molecule has 1 aromatic rings. The molecule has 0 spiro atoms. The van der Waals surface area contributed by atoms with E-state index in [2.05, 4.69) is 19.0 Å². The number of hydrogen-bond donors (Lipinski definition) is 1. The Bertz CT molecular complexity index is 402. The van der Waals surface area contributed by atoms with Gasteiger partial charge >= 0.3 is 0 Å². The van der Waals surface area contributed by atoms with Crippen LogP contribution in [0.15, 0.2) is 10.6 Å². The van der Waals surface area contributed by atoms with Gasteiger partial charge in [-0.2, -0.15) is 0 Å². The van der Waals surface area contributed by atoms with Gasteiger partial charge in [-0.15, -0.1) is 0 Å². The molecule has 2 atom stereocenters. The number of amides is 1. The summed E-state index contributed by atoms with van der Waals surface area (Å²) in [7, 11) is 0. The fourth-order valence-electron chi connectivity index (χ4n) is 1.96. The minimum Gasteiger partial charge on any atom is -0.351 e. The van der Waals surface area contributed by atoms with E-state index >= 15 is 0 Å². The zero-order chi connectivity index (χ0) is 12.4. The first-order valence-corrected chi connectivity index (χ1v) is 6.13. The normalized spacial score (nSPS) is 21.8. The average Bonchev–Trinajstić information content (AvgIpc) is 2.95. The Kier molecular flexibility index (Phi) is 3.47. The van der Waals surface area contributed by atoms with E-state index in [9.17, 15) is 4.79 Å². The van der Waals surface area contributed by atoms with Gasteiger partial charge in [0.2, 0.25) is 5.76 Å². The molecule has 1 aliphatic heterocycles. The van der Waals surface area contributed by atoms with Crippen LogP contribution in [0.5, 0.6) is 0 Å². The van der Waals surface area contributed by atoms with E-state index in [0.717, 1.165) is 18.5 Å². The van der Waals surface area contributed by atoms with Crippen molar-refractivity contribution in [1.82, 2.24) is 10.1 Å². The zero-order valence-electron chi connectivity index (χ0n) is 10.3. The van der Waals surface area contributed by atoms with Gasteiger partial charge in [-0.3, -0.25) is 4.79 Å². The first-order valence-electron chi connectivity index (χ1n) is 6.13. The Labute approximate surface area is 101 Å². The van der Waals surface area contributed by atoms with Crippen molar-refractivity contribution in [2.24, 2.45) is 5.73 Å². The molecule has 5 nitrogen and oxygen atoms in total. The summed E-state index contributed by atoms with van der Waals surface area (Å²) in [6.45, 7) is 5.47. The Balaban J connectivity index is 2.07. The first kappa shape index (κ1) is 12.1. The van der Waals surface area contributed by atoms with Crippen molar-refractivity contribution in [2.75, 3.05) is 13.1 Å². The molecule has 1 fully saturated rings. The molecule has 1 aliphatic rings. The summed E-state index contributed by atoms with van der Waals surface area (Å²) in [5.74, 6) is 0.551. The molecule has 1 amide bonds. The SMILES string of the molecule is CCC(C)c1cc(C(=O)N2CCC(N)C2)on1. The molecule has 0 bridgehead atoms. The maximum Gasteiger partial charge on any atom is 0.292 e. The predicted molar refractivity (Wildman–Crippen MR) is 63.7 cm³/mol. The molecule has 17 heavy (non-hydrogen) atoms. The molecular formula is C12H19N3O2. The summed E-state index contributed by atoms with van der Waals surface area (Å²) in [5.41, 5.74) is 6.62. The van der Waals surface area contributed by atoms with Crippen LogP contribution in [0.3, 0.4) is 0 Å². The highest BCUT2D eigenvalue weighted by molar-refractivity contribution is 5.91. The molecule has 1 aromatic heterocycles. The smallest absolute Gasteiger partial charge is 0.292 e. The van der Waals surface area contributed by atoms with Crippen LogP contribution in [-0.4, -0.2) is 35.1 Å². The molecule has 0 radical (unpaired) electrons. The third-order valence-electron chi connectivity index (χ3n) is 3.37. The van der Waals surface area contributed by atoms with Gasteiger partial charge in [0.15, 0.2) is 0 Å². The molecule has 5 heteroatoms. The van der Waals surface area contributed by atoms with Crippen LogP contribution >= 0.6 is 0 Å². The minimum absolute atomic E-state index is 0.0934. The first-order chi connectivity index (χ1) is 8.11. The Morgan fingerprint density at radius 3 is 3.12 bits per heavy atom. The van der Waals surface area contributed by atoms with Crippen molar-refractivity contribution in [3.8, 4) is 0 Å². The monoisotopic (exact) mass is 237 g/mol. The molecule has 0 saturated carbocycles. The lowest BCUT2D eigenvalue weighted by Crippen LogP contribution is -2.31. The van der Waals surface area contributed by atoms with E-state index in [1.807, 2.05) is 0 Å².